The molecule has 9 heteroatoms. The number of aromatic nitrogens is 3. The van der Waals surface area contributed by atoms with Crippen LogP contribution in [0.15, 0.2) is 66.3 Å². The molecule has 3 aromatic rings. The van der Waals surface area contributed by atoms with E-state index in [1.165, 1.54) is 11.8 Å². The Morgan fingerprint density at radius 3 is 2.76 bits per heavy atom. The summed E-state index contributed by atoms with van der Waals surface area (Å²) in [5.74, 6) is 1.12. The first-order chi connectivity index (χ1) is 14.1. The summed E-state index contributed by atoms with van der Waals surface area (Å²) < 4.78 is 7.59. The van der Waals surface area contributed by atoms with Gasteiger partial charge in [-0.25, -0.2) is 0 Å². The summed E-state index contributed by atoms with van der Waals surface area (Å²) >= 11 is 13.4. The maximum absolute atomic E-state index is 12.2. The van der Waals surface area contributed by atoms with Gasteiger partial charge in [-0.2, -0.15) is 0 Å². The number of thioether (sulfide) groups is 1. The van der Waals surface area contributed by atoms with Gasteiger partial charge in [-0.3, -0.25) is 9.36 Å². The van der Waals surface area contributed by atoms with Crippen LogP contribution in [0.3, 0.4) is 0 Å². The summed E-state index contributed by atoms with van der Waals surface area (Å²) in [6.45, 7) is 4.40. The van der Waals surface area contributed by atoms with Crippen molar-refractivity contribution in [3.8, 4) is 5.75 Å². The lowest BCUT2D eigenvalue weighted by molar-refractivity contribution is -0.113. The number of amides is 1. The number of nitrogens with one attached hydrogen (secondary N) is 1. The zero-order valence-corrected chi connectivity index (χ0v) is 17.7. The Labute approximate surface area is 182 Å². The van der Waals surface area contributed by atoms with Crippen molar-refractivity contribution in [2.24, 2.45) is 0 Å². The van der Waals surface area contributed by atoms with Crippen molar-refractivity contribution in [1.82, 2.24) is 14.8 Å². The Balaban J connectivity index is 1.64. The van der Waals surface area contributed by atoms with Gasteiger partial charge in [-0.1, -0.05) is 59.2 Å². The number of ether oxygens (including phenoxy) is 1. The molecule has 0 fully saturated rings. The van der Waals surface area contributed by atoms with Crippen LogP contribution >= 0.6 is 35.0 Å². The number of anilines is 1. The molecular weight excluding hydrogens is 431 g/mol. The number of carbonyl (C=O) groups is 1. The van der Waals surface area contributed by atoms with E-state index in [0.717, 1.165) is 5.69 Å². The summed E-state index contributed by atoms with van der Waals surface area (Å²) in [5.41, 5.74) is 0.748. The van der Waals surface area contributed by atoms with Gasteiger partial charge >= 0.3 is 0 Å². The minimum atomic E-state index is -0.127. The van der Waals surface area contributed by atoms with Crippen molar-refractivity contribution in [3.05, 3.63) is 77.1 Å². The van der Waals surface area contributed by atoms with Crippen molar-refractivity contribution in [3.63, 3.8) is 0 Å². The van der Waals surface area contributed by atoms with Gasteiger partial charge in [0.25, 0.3) is 0 Å². The second kappa shape index (κ2) is 10.3. The average Bonchev–Trinajstić information content (AvgIpc) is 3.10. The van der Waals surface area contributed by atoms with Crippen LogP contribution in [0.25, 0.3) is 0 Å². The summed E-state index contributed by atoms with van der Waals surface area (Å²) in [4.78, 5) is 12.2. The largest absolute Gasteiger partial charge is 0.484 e. The van der Waals surface area contributed by atoms with Gasteiger partial charge in [0.2, 0.25) is 5.91 Å². The lowest BCUT2D eigenvalue weighted by Gasteiger charge is -2.10. The zero-order valence-electron chi connectivity index (χ0n) is 15.3. The molecule has 150 valence electrons. The third-order valence-corrected chi connectivity index (χ3v) is 5.26. The highest BCUT2D eigenvalue weighted by Crippen LogP contribution is 2.28. The minimum Gasteiger partial charge on any atom is -0.484 e. The van der Waals surface area contributed by atoms with Crippen molar-refractivity contribution >= 4 is 46.6 Å². The number of halogens is 2. The molecule has 2 aromatic carbocycles. The summed E-state index contributed by atoms with van der Waals surface area (Å²) in [6.07, 6.45) is 1.73. The lowest BCUT2D eigenvalue weighted by Crippen LogP contribution is -2.15. The molecule has 0 radical (unpaired) electrons. The summed E-state index contributed by atoms with van der Waals surface area (Å²) in [5, 5.41) is 12.8. The van der Waals surface area contributed by atoms with E-state index in [1.54, 1.807) is 24.3 Å². The second-order valence-electron chi connectivity index (χ2n) is 5.86. The Bertz CT molecular complexity index is 995. The number of hydrogen-bond donors (Lipinski definition) is 1. The predicted molar refractivity (Wildman–Crippen MR) is 117 cm³/mol. The molecule has 1 aromatic heterocycles. The van der Waals surface area contributed by atoms with E-state index in [2.05, 4.69) is 22.1 Å². The van der Waals surface area contributed by atoms with Gasteiger partial charge < -0.3 is 10.1 Å². The standard InChI is InChI=1S/C20H18Cl2N4O2S/c1-2-10-26-18(12-28-17-11-14(21)8-9-16(17)22)24-25-20(26)29-13-19(27)23-15-6-4-3-5-7-15/h2-9,11H,1,10,12-13H2,(H,23,27). The molecule has 0 spiro atoms. The molecule has 0 aliphatic heterocycles. The van der Waals surface area contributed by atoms with E-state index in [4.69, 9.17) is 27.9 Å². The van der Waals surface area contributed by atoms with Crippen molar-refractivity contribution < 1.29 is 9.53 Å². The van der Waals surface area contributed by atoms with Crippen LogP contribution < -0.4 is 10.1 Å². The molecular formula is C20H18Cl2N4O2S. The van der Waals surface area contributed by atoms with E-state index in [1.807, 2.05) is 34.9 Å². The molecule has 1 heterocycles. The number of nitrogens with zero attached hydrogens (tertiary/aromatic N) is 3. The summed E-state index contributed by atoms with van der Waals surface area (Å²) in [7, 11) is 0. The van der Waals surface area contributed by atoms with Crippen molar-refractivity contribution in [2.75, 3.05) is 11.1 Å². The molecule has 0 aliphatic carbocycles. The van der Waals surface area contributed by atoms with E-state index in [0.29, 0.717) is 33.3 Å². The quantitative estimate of drug-likeness (QED) is 0.365. The van der Waals surface area contributed by atoms with Crippen LogP contribution in [0.5, 0.6) is 5.75 Å². The van der Waals surface area contributed by atoms with Gasteiger partial charge in [0.1, 0.15) is 12.4 Å². The number of allylic oxidation sites excluding steroid dienone is 1. The fourth-order valence-corrected chi connectivity index (χ4v) is 3.52. The molecule has 29 heavy (non-hydrogen) atoms. The SMILES string of the molecule is C=CCn1c(COc2cc(Cl)ccc2Cl)nnc1SCC(=O)Nc1ccccc1. The van der Waals surface area contributed by atoms with E-state index >= 15 is 0 Å². The van der Waals surface area contributed by atoms with Crippen LogP contribution in [0.2, 0.25) is 10.0 Å². The van der Waals surface area contributed by atoms with Gasteiger partial charge in [-0.15, -0.1) is 16.8 Å². The zero-order chi connectivity index (χ0) is 20.6. The summed E-state index contributed by atoms with van der Waals surface area (Å²) in [6, 6.07) is 14.3. The first kappa shape index (κ1) is 21.2. The fraction of sp³-hybridized carbons (Fsp3) is 0.150. The van der Waals surface area contributed by atoms with Crippen molar-refractivity contribution in [2.45, 2.75) is 18.3 Å². The highest BCUT2D eigenvalue weighted by Gasteiger charge is 2.15. The molecule has 0 unspecified atom stereocenters. The van der Waals surface area contributed by atoms with E-state index < -0.39 is 0 Å². The normalized spacial score (nSPS) is 10.6. The fourth-order valence-electron chi connectivity index (χ4n) is 2.42. The van der Waals surface area contributed by atoms with Gasteiger partial charge in [0, 0.05) is 23.3 Å². The number of hydrogen-bond acceptors (Lipinski definition) is 5. The van der Waals surface area contributed by atoms with Crippen LogP contribution in [0, 0.1) is 0 Å². The molecule has 0 saturated carbocycles. The highest BCUT2D eigenvalue weighted by atomic mass is 35.5. The lowest BCUT2D eigenvalue weighted by atomic mass is 10.3. The van der Waals surface area contributed by atoms with E-state index in [-0.39, 0.29) is 18.3 Å². The van der Waals surface area contributed by atoms with Crippen LogP contribution in [0.1, 0.15) is 5.82 Å². The van der Waals surface area contributed by atoms with Gasteiger partial charge in [0.05, 0.1) is 10.8 Å². The Morgan fingerprint density at radius 2 is 2.00 bits per heavy atom. The Hall–Kier alpha value is -2.48. The number of rotatable bonds is 9. The molecule has 0 bridgehead atoms. The number of carbonyl (C=O) groups excluding carboxylic acids is 1. The third-order valence-electron chi connectivity index (χ3n) is 3.75. The molecule has 0 atom stereocenters. The molecule has 3 rings (SSSR count). The maximum Gasteiger partial charge on any atom is 0.234 e. The number of benzene rings is 2. The molecule has 0 saturated heterocycles. The Kier molecular flexibility index (Phi) is 7.57. The molecule has 6 nitrogen and oxygen atoms in total. The van der Waals surface area contributed by atoms with Crippen LogP contribution in [-0.2, 0) is 17.9 Å². The maximum atomic E-state index is 12.2. The van der Waals surface area contributed by atoms with E-state index in [9.17, 15) is 4.79 Å². The predicted octanol–water partition coefficient (Wildman–Crippen LogP) is 5.08. The topological polar surface area (TPSA) is 69.0 Å². The molecule has 1 N–H and O–H groups in total. The Morgan fingerprint density at radius 1 is 1.21 bits per heavy atom. The smallest absolute Gasteiger partial charge is 0.234 e. The monoisotopic (exact) mass is 448 g/mol. The van der Waals surface area contributed by atoms with Crippen LogP contribution in [-0.4, -0.2) is 26.4 Å². The first-order valence-corrected chi connectivity index (χ1v) is 10.4. The molecule has 1 amide bonds. The number of para-hydroxylation sites is 1. The van der Waals surface area contributed by atoms with Gasteiger partial charge in [0.15, 0.2) is 11.0 Å². The highest BCUT2D eigenvalue weighted by molar-refractivity contribution is 7.99. The third kappa shape index (κ3) is 6.00. The minimum absolute atomic E-state index is 0.127. The molecule has 0 aliphatic rings. The first-order valence-electron chi connectivity index (χ1n) is 8.65. The van der Waals surface area contributed by atoms with Crippen molar-refractivity contribution in [1.29, 1.82) is 0 Å². The van der Waals surface area contributed by atoms with Crippen LogP contribution in [0.4, 0.5) is 5.69 Å². The van der Waals surface area contributed by atoms with Gasteiger partial charge in [-0.05, 0) is 24.3 Å². The second-order valence-corrected chi connectivity index (χ2v) is 7.65. The average molecular weight is 449 g/mol.